The van der Waals surface area contributed by atoms with E-state index in [4.69, 9.17) is 10.2 Å². The Bertz CT molecular complexity index is 556. The van der Waals surface area contributed by atoms with Crippen LogP contribution in [0, 0.1) is 0 Å². The molecule has 0 saturated carbocycles. The Kier molecular flexibility index (Phi) is 144. The van der Waals surface area contributed by atoms with Crippen molar-refractivity contribution in [2.24, 2.45) is 0 Å². The molecule has 0 amide bonds. The Labute approximate surface area is 278 Å². The molecule has 0 heterocycles. The molecule has 26 nitrogen and oxygen atoms in total. The predicted octanol–water partition coefficient (Wildman–Crippen LogP) is -8.57. The van der Waals surface area contributed by atoms with E-state index < -0.39 is 72.7 Å². The van der Waals surface area contributed by atoms with Crippen molar-refractivity contribution in [2.45, 2.75) is 36.9 Å². The molecule has 0 aromatic carbocycles. The second kappa shape index (κ2) is 51.1. The number of aliphatic carboxylic acids is 6. The Hall–Kier alpha value is -1.68. The molecule has 0 spiro atoms. The largest absolute Gasteiger partial charge is 2.00 e. The summed E-state index contributed by atoms with van der Waals surface area (Å²) in [7, 11) is 0. The topological polar surface area (TPSA) is 701 Å². The average molecular weight is 1170 g/mol. The maximum atomic E-state index is 10.1. The van der Waals surface area contributed by atoms with E-state index in [-0.39, 0.29) is 137 Å². The van der Waals surface area contributed by atoms with E-state index >= 15 is 0 Å². The van der Waals surface area contributed by atoms with Crippen LogP contribution in [0.3, 0.4) is 0 Å². The predicted molar refractivity (Wildman–Crippen MR) is 119 cm³/mol. The van der Waals surface area contributed by atoms with E-state index in [1.54, 1.807) is 0 Å². The quantitative estimate of drug-likeness (QED) is 0.0966. The number of hydrogen-bond donors (Lipinski definition) is 14. The van der Waals surface area contributed by atoms with Gasteiger partial charge < -0.3 is 143 Å². The Morgan fingerprint density at radius 1 is 0.366 bits per heavy atom. The van der Waals surface area contributed by atoms with Gasteiger partial charge in [-0.1, -0.05) is 0 Å². The third-order valence-electron chi connectivity index (χ3n) is 2.51. The summed E-state index contributed by atoms with van der Waals surface area (Å²) in [5.41, 5.74) is -5.95. The minimum Gasteiger partial charge on any atom is -0.550 e. The van der Waals surface area contributed by atoms with Crippen LogP contribution >= 0.6 is 0 Å². The third-order valence-corrected chi connectivity index (χ3v) is 2.51. The molecule has 38 N–H and O–H groups in total. The van der Waals surface area contributed by atoms with Crippen molar-refractivity contribution in [3.05, 3.63) is 0 Å². The first-order valence-electron chi connectivity index (χ1n) is 6.23. The zero-order chi connectivity index (χ0) is 21.3. The van der Waals surface area contributed by atoms with Crippen LogP contribution in [0.25, 0.3) is 0 Å². The van der Waals surface area contributed by atoms with Gasteiger partial charge in [0.2, 0.25) is 0 Å². The Morgan fingerprint density at radius 2 is 0.463 bits per heavy atom. The van der Waals surface area contributed by atoms with E-state index in [0.717, 1.165) is 0 Å². The van der Waals surface area contributed by atoms with Crippen LogP contribution in [-0.4, -0.2) is 57.2 Å². The van der Waals surface area contributed by atoms with Crippen molar-refractivity contribution in [2.75, 3.05) is 0 Å². The standard InChI is InChI=1S/2C6H8O7.12H3N.3Pt/c2*7-3(8)1-6(13,5(11)12)2-4(9)10;;;;;;;;;;;;;;;/h2*13H,1-2H2,(H,7,8)(H,9,10)(H,11,12);12*1H3;;;/q;;;;;;;;;;;;;;3*+2/p-6. The van der Waals surface area contributed by atoms with Gasteiger partial charge in [0.15, 0.2) is 0 Å². The van der Waals surface area contributed by atoms with Crippen LogP contribution in [0.2, 0.25) is 0 Å². The van der Waals surface area contributed by atoms with Crippen LogP contribution in [0.4, 0.5) is 0 Å². The number of carboxylic acid groups (broad SMARTS) is 6. The summed E-state index contributed by atoms with van der Waals surface area (Å²) in [5.74, 6) is -12.0. The smallest absolute Gasteiger partial charge is 0.550 e. The number of carbonyl (C=O) groups excluding carboxylic acids is 6. The van der Waals surface area contributed by atoms with E-state index in [0.29, 0.717) is 0 Å². The van der Waals surface area contributed by atoms with Crippen LogP contribution in [0.5, 0.6) is 0 Å². The van der Waals surface area contributed by atoms with Gasteiger partial charge in [0.05, 0.1) is 11.9 Å². The minimum atomic E-state index is -2.97. The summed E-state index contributed by atoms with van der Waals surface area (Å²) in [6, 6.07) is 0. The first-order chi connectivity index (χ1) is 11.6. The summed E-state index contributed by atoms with van der Waals surface area (Å²) in [4.78, 5) is 60.0. The molecule has 0 aliphatic carbocycles. The molecule has 41 heavy (non-hydrogen) atoms. The number of carbonyl (C=O) groups is 6. The normalized spacial score (nSPS) is 6.88. The zero-order valence-electron chi connectivity index (χ0n) is 22.1. The van der Waals surface area contributed by atoms with Gasteiger partial charge in [-0.25, -0.2) is 0 Å². The third kappa shape index (κ3) is 55.0. The number of aliphatic hydroxyl groups is 2. The van der Waals surface area contributed by atoms with Crippen molar-refractivity contribution in [1.82, 2.24) is 73.8 Å². The first-order valence-corrected chi connectivity index (χ1v) is 6.23. The second-order valence-corrected chi connectivity index (χ2v) is 4.83. The second-order valence-electron chi connectivity index (χ2n) is 4.83. The van der Waals surface area contributed by atoms with E-state index in [9.17, 15) is 59.4 Å². The van der Waals surface area contributed by atoms with Crippen LogP contribution in [0.1, 0.15) is 25.7 Å². The van der Waals surface area contributed by atoms with Crippen LogP contribution < -0.4 is 104 Å². The maximum absolute atomic E-state index is 10.1. The molecule has 0 aliphatic heterocycles. The fraction of sp³-hybridized carbons (Fsp3) is 0.500. The van der Waals surface area contributed by atoms with Crippen molar-refractivity contribution < 1.29 is 133 Å². The van der Waals surface area contributed by atoms with Gasteiger partial charge >= 0.3 is 63.2 Å². The van der Waals surface area contributed by atoms with Gasteiger partial charge in [-0.2, -0.15) is 0 Å². The molecule has 0 aromatic heterocycles. The molecule has 0 aliphatic rings. The molecule has 0 aromatic rings. The number of hydrogen-bond acceptors (Lipinski definition) is 26. The fourth-order valence-corrected chi connectivity index (χ4v) is 1.37. The van der Waals surface area contributed by atoms with E-state index in [1.807, 2.05) is 0 Å². The monoisotopic (exact) mass is 1170 g/mol. The molecule has 29 heteroatoms. The van der Waals surface area contributed by atoms with Gasteiger partial charge in [0, 0.05) is 49.6 Å². The van der Waals surface area contributed by atoms with E-state index in [1.165, 1.54) is 0 Å². The summed E-state index contributed by atoms with van der Waals surface area (Å²) in [6.45, 7) is 0. The molecule has 0 fully saturated rings. The molecule has 0 unspecified atom stereocenters. The van der Waals surface area contributed by atoms with E-state index in [2.05, 4.69) is 0 Å². The fourth-order valence-electron chi connectivity index (χ4n) is 1.37. The molecule has 0 radical (unpaired) electrons. The molecular formula is C12H46N12O14Pt3. The van der Waals surface area contributed by atoms with Crippen molar-refractivity contribution in [3.8, 4) is 0 Å². The van der Waals surface area contributed by atoms with Gasteiger partial charge in [0.25, 0.3) is 0 Å². The number of carboxylic acids is 6. The van der Waals surface area contributed by atoms with Gasteiger partial charge in [0.1, 0.15) is 11.2 Å². The van der Waals surface area contributed by atoms with Gasteiger partial charge in [-0.3, -0.25) is 0 Å². The number of rotatable bonds is 10. The van der Waals surface area contributed by atoms with Gasteiger partial charge in [-0.05, 0) is 0 Å². The van der Waals surface area contributed by atoms with Crippen molar-refractivity contribution in [1.29, 1.82) is 0 Å². The first kappa shape index (κ1) is 116. The SMILES string of the molecule is N.N.N.N.N.N.N.N.N.N.N.N.O=C([O-])CC(O)(CC(=O)[O-])C(=O)[O-].O=C([O-])CC(O)(CC(=O)[O-])C(=O)[O-].[Pt+2].[Pt+2].[Pt+2]. The van der Waals surface area contributed by atoms with Gasteiger partial charge in [-0.15, -0.1) is 0 Å². The van der Waals surface area contributed by atoms with Crippen molar-refractivity contribution >= 4 is 35.8 Å². The summed E-state index contributed by atoms with van der Waals surface area (Å²) < 4.78 is 0. The van der Waals surface area contributed by atoms with Crippen molar-refractivity contribution in [3.63, 3.8) is 0 Å². The Balaban J connectivity index is -0.0000000137. The average Bonchev–Trinajstić information content (AvgIpc) is 2.34. The minimum absolute atomic E-state index is 0. The molecule has 0 rings (SSSR count). The van der Waals surface area contributed by atoms with Crippen LogP contribution in [-0.2, 0) is 92.0 Å². The summed E-state index contributed by atoms with van der Waals surface area (Å²) in [6.07, 6.45) is -5.43. The molecule has 0 bridgehead atoms. The zero-order valence-corrected chi connectivity index (χ0v) is 28.9. The Morgan fingerprint density at radius 3 is 0.512 bits per heavy atom. The maximum Gasteiger partial charge on any atom is 2.00 e. The summed E-state index contributed by atoms with van der Waals surface area (Å²) >= 11 is 0. The molecule has 268 valence electrons. The molecular weight excluding hydrogens is 1120 g/mol. The summed E-state index contributed by atoms with van der Waals surface area (Å²) in [5, 5.41) is 77.9. The van der Waals surface area contributed by atoms with Crippen LogP contribution in [0.15, 0.2) is 0 Å². The molecule has 0 saturated heterocycles. The molecule has 0 atom stereocenters.